The van der Waals surface area contributed by atoms with E-state index in [-0.39, 0.29) is 12.2 Å². The number of hydrogen-bond donors (Lipinski definition) is 2. The summed E-state index contributed by atoms with van der Waals surface area (Å²) >= 11 is 0. The van der Waals surface area contributed by atoms with Gasteiger partial charge in [0.1, 0.15) is 5.82 Å². The lowest BCUT2D eigenvalue weighted by Crippen LogP contribution is -2.45. The van der Waals surface area contributed by atoms with Crippen molar-refractivity contribution < 1.29 is 22.4 Å². The SMILES string of the molecule is Cc1cc(C)c(S(=O)(=O)N2CCCC2CNC(=O)C(=O)Nc2cccc(F)c2)c(C)c1. The molecule has 1 atom stereocenters. The largest absolute Gasteiger partial charge is 0.346 e. The Bertz CT molecular complexity index is 1090. The molecule has 3 rings (SSSR count). The number of nitrogens with one attached hydrogen (secondary N) is 2. The van der Waals surface area contributed by atoms with E-state index in [4.69, 9.17) is 0 Å². The van der Waals surface area contributed by atoms with Gasteiger partial charge in [-0.2, -0.15) is 4.31 Å². The van der Waals surface area contributed by atoms with Crippen LogP contribution in [0, 0.1) is 26.6 Å². The molecule has 1 heterocycles. The highest BCUT2D eigenvalue weighted by atomic mass is 32.2. The average Bonchev–Trinajstić information content (AvgIpc) is 3.14. The molecule has 1 fully saturated rings. The van der Waals surface area contributed by atoms with Crippen LogP contribution in [0.25, 0.3) is 0 Å². The third-order valence-electron chi connectivity index (χ3n) is 5.28. The number of amides is 2. The molecule has 0 bridgehead atoms. The summed E-state index contributed by atoms with van der Waals surface area (Å²) in [5.74, 6) is -2.38. The van der Waals surface area contributed by atoms with E-state index in [0.29, 0.717) is 35.4 Å². The molecular formula is C22H26FN3O4S. The second-order valence-electron chi connectivity index (χ2n) is 7.81. The zero-order valence-corrected chi connectivity index (χ0v) is 18.6. The zero-order chi connectivity index (χ0) is 22.8. The van der Waals surface area contributed by atoms with Crippen LogP contribution in [-0.4, -0.2) is 43.7 Å². The standard InChI is InChI=1S/C22H26FN3O4S/c1-14-10-15(2)20(16(3)11-14)31(29,30)26-9-5-8-19(26)13-24-21(27)22(28)25-18-7-4-6-17(23)12-18/h4,6-7,10-12,19H,5,8-9,13H2,1-3H3,(H,24,27)(H,25,28). The number of carbonyl (C=O) groups excluding carboxylic acids is 2. The van der Waals surface area contributed by atoms with Crippen molar-refractivity contribution in [1.82, 2.24) is 9.62 Å². The van der Waals surface area contributed by atoms with Crippen molar-refractivity contribution in [2.45, 2.75) is 44.6 Å². The molecule has 1 unspecified atom stereocenters. The van der Waals surface area contributed by atoms with E-state index >= 15 is 0 Å². The summed E-state index contributed by atoms with van der Waals surface area (Å²) in [4.78, 5) is 24.5. The number of anilines is 1. The highest BCUT2D eigenvalue weighted by Gasteiger charge is 2.37. The second kappa shape index (κ2) is 9.15. The predicted molar refractivity (Wildman–Crippen MR) is 116 cm³/mol. The van der Waals surface area contributed by atoms with E-state index in [1.807, 2.05) is 19.1 Å². The first-order chi connectivity index (χ1) is 14.6. The van der Waals surface area contributed by atoms with Crippen LogP contribution in [0.4, 0.5) is 10.1 Å². The van der Waals surface area contributed by atoms with Crippen molar-refractivity contribution >= 4 is 27.5 Å². The Morgan fingerprint density at radius 2 is 1.77 bits per heavy atom. The third kappa shape index (κ3) is 5.11. The Hall–Kier alpha value is -2.78. The highest BCUT2D eigenvalue weighted by molar-refractivity contribution is 7.89. The molecule has 7 nitrogen and oxygen atoms in total. The molecule has 1 saturated heterocycles. The van der Waals surface area contributed by atoms with Gasteiger partial charge in [0.15, 0.2) is 0 Å². The molecule has 2 amide bonds. The number of hydrogen-bond acceptors (Lipinski definition) is 4. The molecule has 0 aromatic heterocycles. The predicted octanol–water partition coefficient (Wildman–Crippen LogP) is 2.66. The number of sulfonamides is 1. The number of rotatable bonds is 5. The first kappa shape index (κ1) is 22.9. The molecule has 2 aromatic rings. The molecule has 0 spiro atoms. The minimum atomic E-state index is -3.75. The van der Waals surface area contributed by atoms with Crippen LogP contribution in [0.3, 0.4) is 0 Å². The number of nitrogens with zero attached hydrogens (tertiary/aromatic N) is 1. The topological polar surface area (TPSA) is 95.6 Å². The first-order valence-corrected chi connectivity index (χ1v) is 11.5. The molecular weight excluding hydrogens is 421 g/mol. The Morgan fingerprint density at radius 3 is 2.42 bits per heavy atom. The minimum Gasteiger partial charge on any atom is -0.346 e. The normalized spacial score (nSPS) is 16.8. The van der Waals surface area contributed by atoms with Crippen molar-refractivity contribution in [3.8, 4) is 0 Å². The first-order valence-electron chi connectivity index (χ1n) is 10.0. The minimum absolute atomic E-state index is 0.0125. The van der Waals surface area contributed by atoms with Gasteiger partial charge in [0.05, 0.1) is 4.90 Å². The lowest BCUT2D eigenvalue weighted by molar-refractivity contribution is -0.136. The average molecular weight is 448 g/mol. The Labute approximate surface area is 181 Å². The van der Waals surface area contributed by atoms with Crippen molar-refractivity contribution in [2.75, 3.05) is 18.4 Å². The number of halogens is 1. The molecule has 1 aliphatic heterocycles. The molecule has 1 aliphatic rings. The van der Waals surface area contributed by atoms with Crippen LogP contribution < -0.4 is 10.6 Å². The monoisotopic (exact) mass is 447 g/mol. The van der Waals surface area contributed by atoms with Crippen molar-refractivity contribution in [3.63, 3.8) is 0 Å². The summed E-state index contributed by atoms with van der Waals surface area (Å²) in [7, 11) is -3.75. The lowest BCUT2D eigenvalue weighted by atomic mass is 10.1. The van der Waals surface area contributed by atoms with Gasteiger partial charge in [-0.3, -0.25) is 9.59 Å². The molecule has 166 valence electrons. The maximum Gasteiger partial charge on any atom is 0.313 e. The number of aryl methyl sites for hydroxylation is 3. The smallest absolute Gasteiger partial charge is 0.313 e. The summed E-state index contributed by atoms with van der Waals surface area (Å²) < 4.78 is 41.3. The van der Waals surface area contributed by atoms with E-state index < -0.39 is 33.7 Å². The quantitative estimate of drug-likeness (QED) is 0.689. The van der Waals surface area contributed by atoms with Gasteiger partial charge < -0.3 is 10.6 Å². The van der Waals surface area contributed by atoms with Gasteiger partial charge in [-0.05, 0) is 62.9 Å². The van der Waals surface area contributed by atoms with Crippen LogP contribution in [0.1, 0.15) is 29.5 Å². The molecule has 2 N–H and O–H groups in total. The van der Waals surface area contributed by atoms with E-state index in [9.17, 15) is 22.4 Å². The van der Waals surface area contributed by atoms with Gasteiger partial charge in [-0.15, -0.1) is 0 Å². The number of carbonyl (C=O) groups is 2. The molecule has 0 aliphatic carbocycles. The van der Waals surface area contributed by atoms with Crippen LogP contribution in [-0.2, 0) is 19.6 Å². The Morgan fingerprint density at radius 1 is 1.10 bits per heavy atom. The van der Waals surface area contributed by atoms with Crippen LogP contribution >= 0.6 is 0 Å². The molecule has 31 heavy (non-hydrogen) atoms. The fourth-order valence-electron chi connectivity index (χ4n) is 4.07. The highest BCUT2D eigenvalue weighted by Crippen LogP contribution is 2.30. The number of benzene rings is 2. The summed E-state index contributed by atoms with van der Waals surface area (Å²) in [6.07, 6.45) is 1.24. The summed E-state index contributed by atoms with van der Waals surface area (Å²) in [6, 6.07) is 8.43. The van der Waals surface area contributed by atoms with Crippen LogP contribution in [0.15, 0.2) is 41.3 Å². The van der Waals surface area contributed by atoms with Gasteiger partial charge in [0.25, 0.3) is 0 Å². The van der Waals surface area contributed by atoms with E-state index in [1.165, 1.54) is 22.5 Å². The summed E-state index contributed by atoms with van der Waals surface area (Å²) in [5.41, 5.74) is 2.52. The molecule has 0 radical (unpaired) electrons. The second-order valence-corrected chi connectivity index (χ2v) is 9.64. The Kier molecular flexibility index (Phi) is 6.76. The maximum absolute atomic E-state index is 13.3. The zero-order valence-electron chi connectivity index (χ0n) is 17.7. The van der Waals surface area contributed by atoms with Crippen LogP contribution in [0.2, 0.25) is 0 Å². The van der Waals surface area contributed by atoms with Gasteiger partial charge in [-0.25, -0.2) is 12.8 Å². The molecule has 0 saturated carbocycles. The van der Waals surface area contributed by atoms with Crippen molar-refractivity contribution in [1.29, 1.82) is 0 Å². The van der Waals surface area contributed by atoms with Crippen molar-refractivity contribution in [3.05, 3.63) is 58.9 Å². The molecule has 2 aromatic carbocycles. The fourth-order valence-corrected chi connectivity index (χ4v) is 6.17. The van der Waals surface area contributed by atoms with E-state index in [0.717, 1.165) is 11.6 Å². The maximum atomic E-state index is 13.3. The fraction of sp³-hybridized carbons (Fsp3) is 0.364. The Balaban J connectivity index is 1.68. The van der Waals surface area contributed by atoms with E-state index in [2.05, 4.69) is 10.6 Å². The van der Waals surface area contributed by atoms with Gasteiger partial charge in [0, 0.05) is 24.8 Å². The third-order valence-corrected chi connectivity index (χ3v) is 7.54. The molecule has 9 heteroatoms. The summed E-state index contributed by atoms with van der Waals surface area (Å²) in [6.45, 7) is 5.83. The summed E-state index contributed by atoms with van der Waals surface area (Å²) in [5, 5.41) is 4.82. The van der Waals surface area contributed by atoms with Gasteiger partial charge in [0.2, 0.25) is 10.0 Å². The van der Waals surface area contributed by atoms with Gasteiger partial charge in [-0.1, -0.05) is 23.8 Å². The van der Waals surface area contributed by atoms with Crippen LogP contribution in [0.5, 0.6) is 0 Å². The lowest BCUT2D eigenvalue weighted by Gasteiger charge is -2.26. The van der Waals surface area contributed by atoms with Crippen molar-refractivity contribution in [2.24, 2.45) is 0 Å². The van der Waals surface area contributed by atoms with E-state index in [1.54, 1.807) is 13.8 Å². The van der Waals surface area contributed by atoms with Gasteiger partial charge >= 0.3 is 11.8 Å².